The van der Waals surface area contributed by atoms with E-state index in [0.29, 0.717) is 41.1 Å². The number of anilines is 1. The number of aromatic nitrogens is 1. The molecule has 162 valence electrons. The molecule has 1 amide bonds. The van der Waals surface area contributed by atoms with Gasteiger partial charge in [-0.2, -0.15) is 4.31 Å². The minimum Gasteiger partial charge on any atom is -0.379 e. The molecule has 1 aliphatic rings. The van der Waals surface area contributed by atoms with Crippen LogP contribution in [0.15, 0.2) is 47.4 Å². The largest absolute Gasteiger partial charge is 0.379 e. The number of halogens is 1. The zero-order valence-corrected chi connectivity index (χ0v) is 18.0. The molecule has 0 spiro atoms. The first-order valence-corrected chi connectivity index (χ1v) is 11.3. The van der Waals surface area contributed by atoms with Gasteiger partial charge >= 0.3 is 0 Å². The van der Waals surface area contributed by atoms with Gasteiger partial charge in [0.05, 0.1) is 29.2 Å². The SMILES string of the molecule is Cc1cc(C(=O)Nc2cc(S(=O)(=O)N3CCOCC3)ccc2C)c2ccc(F)cc2n1. The zero-order valence-electron chi connectivity index (χ0n) is 17.2. The van der Waals surface area contributed by atoms with Gasteiger partial charge in [-0.1, -0.05) is 6.07 Å². The van der Waals surface area contributed by atoms with Crippen molar-refractivity contribution in [3.8, 4) is 0 Å². The molecule has 0 radical (unpaired) electrons. The number of rotatable bonds is 4. The van der Waals surface area contributed by atoms with Crippen LogP contribution in [0.5, 0.6) is 0 Å². The summed E-state index contributed by atoms with van der Waals surface area (Å²) < 4.78 is 46.2. The maximum atomic E-state index is 13.6. The van der Waals surface area contributed by atoms with E-state index in [1.165, 1.54) is 34.6 Å². The number of pyridine rings is 1. The number of hydrogen-bond acceptors (Lipinski definition) is 5. The Labute approximate surface area is 179 Å². The summed E-state index contributed by atoms with van der Waals surface area (Å²) in [6.07, 6.45) is 0. The molecular formula is C22H22FN3O4S. The lowest BCUT2D eigenvalue weighted by Crippen LogP contribution is -2.40. The molecule has 0 aliphatic carbocycles. The van der Waals surface area contributed by atoms with Crippen molar-refractivity contribution in [3.05, 3.63) is 65.1 Å². The van der Waals surface area contributed by atoms with Crippen molar-refractivity contribution in [1.29, 1.82) is 0 Å². The fraction of sp³-hybridized carbons (Fsp3) is 0.273. The molecule has 1 saturated heterocycles. The van der Waals surface area contributed by atoms with Crippen molar-refractivity contribution in [2.24, 2.45) is 0 Å². The molecule has 1 aromatic heterocycles. The minimum absolute atomic E-state index is 0.105. The number of benzene rings is 2. The van der Waals surface area contributed by atoms with E-state index in [4.69, 9.17) is 4.74 Å². The maximum Gasteiger partial charge on any atom is 0.256 e. The number of hydrogen-bond donors (Lipinski definition) is 1. The Bertz CT molecular complexity index is 1270. The van der Waals surface area contributed by atoms with Crippen LogP contribution >= 0.6 is 0 Å². The Morgan fingerprint density at radius 2 is 1.84 bits per heavy atom. The highest BCUT2D eigenvalue weighted by molar-refractivity contribution is 7.89. The number of carbonyl (C=O) groups is 1. The molecule has 0 unspecified atom stereocenters. The summed E-state index contributed by atoms with van der Waals surface area (Å²) in [4.78, 5) is 17.5. The normalized spacial score (nSPS) is 15.2. The molecule has 1 aliphatic heterocycles. The Morgan fingerprint density at radius 3 is 2.58 bits per heavy atom. The second-order valence-corrected chi connectivity index (χ2v) is 9.36. The van der Waals surface area contributed by atoms with E-state index in [0.717, 1.165) is 5.56 Å². The Balaban J connectivity index is 1.68. The number of amides is 1. The van der Waals surface area contributed by atoms with Gasteiger partial charge in [0.1, 0.15) is 5.82 Å². The Kier molecular flexibility index (Phi) is 5.74. The van der Waals surface area contributed by atoms with Crippen LogP contribution in [0.2, 0.25) is 0 Å². The third kappa shape index (κ3) is 4.30. The molecule has 9 heteroatoms. The average molecular weight is 444 g/mol. The number of morpholine rings is 1. The van der Waals surface area contributed by atoms with E-state index >= 15 is 0 Å². The molecule has 7 nitrogen and oxygen atoms in total. The molecule has 1 fully saturated rings. The molecule has 0 bridgehead atoms. The fourth-order valence-electron chi connectivity index (χ4n) is 3.54. The van der Waals surface area contributed by atoms with E-state index < -0.39 is 21.7 Å². The quantitative estimate of drug-likeness (QED) is 0.669. The minimum atomic E-state index is -3.70. The first-order chi connectivity index (χ1) is 14.8. The molecule has 0 saturated carbocycles. The first kappa shape index (κ1) is 21.4. The van der Waals surface area contributed by atoms with Crippen molar-refractivity contribution in [2.75, 3.05) is 31.6 Å². The van der Waals surface area contributed by atoms with Crippen LogP contribution in [-0.2, 0) is 14.8 Å². The number of aryl methyl sites for hydroxylation is 2. The predicted molar refractivity (Wildman–Crippen MR) is 115 cm³/mol. The number of fused-ring (bicyclic) bond motifs is 1. The van der Waals surface area contributed by atoms with Gasteiger partial charge in [0.15, 0.2) is 0 Å². The highest BCUT2D eigenvalue weighted by atomic mass is 32.2. The molecule has 4 rings (SSSR count). The summed E-state index contributed by atoms with van der Waals surface area (Å²) >= 11 is 0. The van der Waals surface area contributed by atoms with Crippen LogP contribution in [0.1, 0.15) is 21.6 Å². The van der Waals surface area contributed by atoms with Gasteiger partial charge in [-0.05, 0) is 49.7 Å². The molecule has 2 heterocycles. The third-order valence-electron chi connectivity index (χ3n) is 5.21. The summed E-state index contributed by atoms with van der Waals surface area (Å²) in [5, 5.41) is 3.32. The van der Waals surface area contributed by atoms with E-state index in [1.54, 1.807) is 26.0 Å². The van der Waals surface area contributed by atoms with Gasteiger partial charge in [-0.25, -0.2) is 12.8 Å². The van der Waals surface area contributed by atoms with Crippen molar-refractivity contribution >= 4 is 32.5 Å². The number of nitrogens with one attached hydrogen (secondary N) is 1. The van der Waals surface area contributed by atoms with Crippen LogP contribution in [0.3, 0.4) is 0 Å². The average Bonchev–Trinajstić information content (AvgIpc) is 2.74. The molecule has 1 N–H and O–H groups in total. The van der Waals surface area contributed by atoms with Gasteiger partial charge in [0.2, 0.25) is 10.0 Å². The molecule has 31 heavy (non-hydrogen) atoms. The summed E-state index contributed by atoms with van der Waals surface area (Å²) in [6, 6.07) is 10.3. The van der Waals surface area contributed by atoms with Crippen molar-refractivity contribution in [1.82, 2.24) is 9.29 Å². The van der Waals surface area contributed by atoms with Gasteiger partial charge in [0.25, 0.3) is 5.91 Å². The van der Waals surface area contributed by atoms with E-state index in [2.05, 4.69) is 10.3 Å². The van der Waals surface area contributed by atoms with Gasteiger partial charge in [-0.3, -0.25) is 9.78 Å². The van der Waals surface area contributed by atoms with Crippen LogP contribution in [-0.4, -0.2) is 49.9 Å². The topological polar surface area (TPSA) is 88.6 Å². The Hall–Kier alpha value is -2.88. The van der Waals surface area contributed by atoms with Gasteiger partial charge in [-0.15, -0.1) is 0 Å². The lowest BCUT2D eigenvalue weighted by Gasteiger charge is -2.26. The first-order valence-electron chi connectivity index (χ1n) is 9.82. The van der Waals surface area contributed by atoms with Crippen LogP contribution < -0.4 is 5.32 Å². The third-order valence-corrected chi connectivity index (χ3v) is 7.10. The predicted octanol–water partition coefficient (Wildman–Crippen LogP) is 3.26. The monoisotopic (exact) mass is 443 g/mol. The van der Waals surface area contributed by atoms with E-state index in [-0.39, 0.29) is 18.0 Å². The lowest BCUT2D eigenvalue weighted by atomic mass is 10.1. The number of ether oxygens (including phenoxy) is 1. The van der Waals surface area contributed by atoms with E-state index in [9.17, 15) is 17.6 Å². The molecule has 3 aromatic rings. The summed E-state index contributed by atoms with van der Waals surface area (Å²) in [7, 11) is -3.70. The number of sulfonamides is 1. The van der Waals surface area contributed by atoms with Crippen LogP contribution in [0.4, 0.5) is 10.1 Å². The van der Waals surface area contributed by atoms with Crippen LogP contribution in [0, 0.1) is 19.7 Å². The van der Waals surface area contributed by atoms with Crippen LogP contribution in [0.25, 0.3) is 10.9 Å². The maximum absolute atomic E-state index is 13.6. The lowest BCUT2D eigenvalue weighted by molar-refractivity contribution is 0.0730. The second-order valence-electron chi connectivity index (χ2n) is 7.42. The summed E-state index contributed by atoms with van der Waals surface area (Å²) in [6.45, 7) is 4.79. The zero-order chi connectivity index (χ0) is 22.2. The molecular weight excluding hydrogens is 421 g/mol. The molecule has 0 atom stereocenters. The summed E-state index contributed by atoms with van der Waals surface area (Å²) in [5.74, 6) is -0.861. The number of nitrogens with zero attached hydrogens (tertiary/aromatic N) is 2. The summed E-state index contributed by atoms with van der Waals surface area (Å²) in [5.41, 5.74) is 2.40. The fourth-order valence-corrected chi connectivity index (χ4v) is 4.98. The highest BCUT2D eigenvalue weighted by Crippen LogP contribution is 2.26. The standard InChI is InChI=1S/C22H22FN3O4S/c1-14-3-5-17(31(28,29)26-7-9-30-10-8-26)13-20(14)25-22(27)19-11-15(2)24-21-12-16(23)4-6-18(19)21/h3-6,11-13H,7-10H2,1-2H3,(H,25,27). The van der Waals surface area contributed by atoms with Gasteiger partial charge in [0, 0.05) is 35.9 Å². The second kappa shape index (κ2) is 8.33. The van der Waals surface area contributed by atoms with E-state index in [1.807, 2.05) is 0 Å². The van der Waals surface area contributed by atoms with Crippen molar-refractivity contribution in [2.45, 2.75) is 18.7 Å². The smallest absolute Gasteiger partial charge is 0.256 e. The Morgan fingerprint density at radius 1 is 1.10 bits per heavy atom. The number of carbonyl (C=O) groups excluding carboxylic acids is 1. The highest BCUT2D eigenvalue weighted by Gasteiger charge is 2.27. The molecule has 2 aromatic carbocycles. The van der Waals surface area contributed by atoms with Crippen molar-refractivity contribution in [3.63, 3.8) is 0 Å². The van der Waals surface area contributed by atoms with Gasteiger partial charge < -0.3 is 10.1 Å². The van der Waals surface area contributed by atoms with Crippen molar-refractivity contribution < 1.29 is 22.3 Å².